The van der Waals surface area contributed by atoms with Gasteiger partial charge >= 0.3 is 5.69 Å². The van der Waals surface area contributed by atoms with Crippen LogP contribution in [0.3, 0.4) is 0 Å². The number of fused-ring (bicyclic) bond motifs is 1. The van der Waals surface area contributed by atoms with E-state index in [0.717, 1.165) is 5.56 Å². The first kappa shape index (κ1) is 12.4. The highest BCUT2D eigenvalue weighted by Gasteiger charge is 2.13. The van der Waals surface area contributed by atoms with Crippen molar-refractivity contribution in [2.75, 3.05) is 6.61 Å². The number of hydrogen-bond acceptors (Lipinski definition) is 4. The lowest BCUT2D eigenvalue weighted by Crippen LogP contribution is -2.31. The first-order chi connectivity index (χ1) is 9.70. The molecule has 102 valence electrons. The number of hydrogen-bond donors (Lipinski definition) is 3. The minimum atomic E-state index is -0.581. The fourth-order valence-corrected chi connectivity index (χ4v) is 2.08. The van der Waals surface area contributed by atoms with Gasteiger partial charge in [0.2, 0.25) is 0 Å². The van der Waals surface area contributed by atoms with Gasteiger partial charge in [0.25, 0.3) is 5.56 Å². The van der Waals surface area contributed by atoms with Gasteiger partial charge < -0.3 is 10.1 Å². The molecule has 0 aliphatic carbocycles. The fraction of sp³-hybridized carbons (Fsp3) is 0.154. The number of aromatic amines is 2. The van der Waals surface area contributed by atoms with Crippen molar-refractivity contribution in [1.82, 2.24) is 19.5 Å². The Bertz CT molecular complexity index is 861. The predicted octanol–water partition coefficient (Wildman–Crippen LogP) is 0.0722. The molecule has 0 saturated heterocycles. The standard InChI is InChI=1S/C13H12N4O3/c18-7-6-17-11-9(12(19)16-13(17)20)14-10(15-11)8-4-2-1-3-5-8/h1-5,18H,6-7H2,(H,14,15)(H,16,19,20). The van der Waals surface area contributed by atoms with E-state index in [0.29, 0.717) is 5.82 Å². The normalized spacial score (nSPS) is 11.1. The van der Waals surface area contributed by atoms with Crippen molar-refractivity contribution in [3.63, 3.8) is 0 Å². The van der Waals surface area contributed by atoms with E-state index >= 15 is 0 Å². The maximum absolute atomic E-state index is 11.8. The second-order valence-corrected chi connectivity index (χ2v) is 4.28. The van der Waals surface area contributed by atoms with Crippen molar-refractivity contribution in [1.29, 1.82) is 0 Å². The lowest BCUT2D eigenvalue weighted by Gasteiger charge is -2.01. The third kappa shape index (κ3) is 1.94. The number of nitrogens with one attached hydrogen (secondary N) is 2. The van der Waals surface area contributed by atoms with Gasteiger partial charge in [0, 0.05) is 5.56 Å². The number of imidazole rings is 1. The Kier molecular flexibility index (Phi) is 2.96. The molecule has 0 aliphatic rings. The smallest absolute Gasteiger partial charge is 0.330 e. The molecule has 0 radical (unpaired) electrons. The van der Waals surface area contributed by atoms with Crippen molar-refractivity contribution in [2.24, 2.45) is 0 Å². The van der Waals surface area contributed by atoms with Gasteiger partial charge in [-0.05, 0) is 0 Å². The van der Waals surface area contributed by atoms with Crippen LogP contribution in [0.5, 0.6) is 0 Å². The SMILES string of the molecule is O=c1[nH]c(=O)n(CCO)c2nc(-c3ccccc3)[nH]c12. The summed E-state index contributed by atoms with van der Waals surface area (Å²) in [4.78, 5) is 32.9. The summed E-state index contributed by atoms with van der Waals surface area (Å²) >= 11 is 0. The van der Waals surface area contributed by atoms with Crippen LogP contribution in [0.1, 0.15) is 0 Å². The van der Waals surface area contributed by atoms with Gasteiger partial charge in [0.15, 0.2) is 5.65 Å². The zero-order valence-corrected chi connectivity index (χ0v) is 10.5. The van der Waals surface area contributed by atoms with Crippen LogP contribution in [0.25, 0.3) is 22.6 Å². The predicted molar refractivity (Wildman–Crippen MR) is 73.5 cm³/mol. The van der Waals surface area contributed by atoms with Gasteiger partial charge in [-0.3, -0.25) is 14.3 Å². The summed E-state index contributed by atoms with van der Waals surface area (Å²) in [5.74, 6) is 0.503. The van der Waals surface area contributed by atoms with Crippen LogP contribution in [0.4, 0.5) is 0 Å². The number of H-pyrrole nitrogens is 2. The third-order valence-electron chi connectivity index (χ3n) is 3.00. The summed E-state index contributed by atoms with van der Waals surface area (Å²) in [6.45, 7) is -0.139. The topological polar surface area (TPSA) is 104 Å². The highest BCUT2D eigenvalue weighted by Crippen LogP contribution is 2.17. The number of rotatable bonds is 3. The van der Waals surface area contributed by atoms with Crippen LogP contribution >= 0.6 is 0 Å². The van der Waals surface area contributed by atoms with Crippen molar-refractivity contribution in [3.8, 4) is 11.4 Å². The molecule has 20 heavy (non-hydrogen) atoms. The molecule has 1 aromatic carbocycles. The molecule has 0 unspecified atom stereocenters. The molecular weight excluding hydrogens is 260 g/mol. The number of nitrogens with zero attached hydrogens (tertiary/aromatic N) is 2. The van der Waals surface area contributed by atoms with E-state index in [-0.39, 0.29) is 24.3 Å². The molecule has 0 atom stereocenters. The quantitative estimate of drug-likeness (QED) is 0.627. The van der Waals surface area contributed by atoms with Crippen LogP contribution in [0.2, 0.25) is 0 Å². The molecule has 0 fully saturated rings. The second-order valence-electron chi connectivity index (χ2n) is 4.28. The van der Waals surface area contributed by atoms with E-state index < -0.39 is 11.2 Å². The molecule has 3 N–H and O–H groups in total. The summed E-state index contributed by atoms with van der Waals surface area (Å²) in [6.07, 6.45) is 0. The zero-order valence-electron chi connectivity index (χ0n) is 10.5. The molecule has 3 rings (SSSR count). The molecule has 0 amide bonds. The maximum atomic E-state index is 11.8. The summed E-state index contributed by atoms with van der Waals surface area (Å²) in [6, 6.07) is 9.28. The molecule has 0 bridgehead atoms. The lowest BCUT2D eigenvalue weighted by molar-refractivity contribution is 0.275. The van der Waals surface area contributed by atoms with Crippen LogP contribution in [0.15, 0.2) is 39.9 Å². The van der Waals surface area contributed by atoms with Gasteiger partial charge in [-0.25, -0.2) is 9.78 Å². The van der Waals surface area contributed by atoms with E-state index in [1.165, 1.54) is 4.57 Å². The zero-order chi connectivity index (χ0) is 14.1. The Hall–Kier alpha value is -2.67. The minimum absolute atomic E-state index is 0.0746. The van der Waals surface area contributed by atoms with Crippen LogP contribution in [0, 0.1) is 0 Å². The van der Waals surface area contributed by atoms with Gasteiger partial charge in [-0.15, -0.1) is 0 Å². The lowest BCUT2D eigenvalue weighted by atomic mass is 10.2. The molecule has 0 spiro atoms. The average molecular weight is 272 g/mol. The third-order valence-corrected chi connectivity index (χ3v) is 3.00. The van der Waals surface area contributed by atoms with E-state index in [1.807, 2.05) is 30.3 Å². The minimum Gasteiger partial charge on any atom is -0.395 e. The molecule has 0 aliphatic heterocycles. The van der Waals surface area contributed by atoms with E-state index in [1.54, 1.807) is 0 Å². The number of aliphatic hydroxyl groups is 1. The average Bonchev–Trinajstić information content (AvgIpc) is 2.90. The van der Waals surface area contributed by atoms with Crippen molar-refractivity contribution in [2.45, 2.75) is 6.54 Å². The summed E-state index contributed by atoms with van der Waals surface area (Å²) in [7, 11) is 0. The first-order valence-corrected chi connectivity index (χ1v) is 6.10. The van der Waals surface area contributed by atoms with Crippen molar-refractivity contribution < 1.29 is 5.11 Å². The summed E-state index contributed by atoms with van der Waals surface area (Å²) in [5, 5.41) is 9.01. The maximum Gasteiger partial charge on any atom is 0.330 e. The fourth-order valence-electron chi connectivity index (χ4n) is 2.08. The van der Waals surface area contributed by atoms with Gasteiger partial charge in [0.1, 0.15) is 11.3 Å². The first-order valence-electron chi connectivity index (χ1n) is 6.10. The summed E-state index contributed by atoms with van der Waals surface area (Å²) in [5.41, 5.74) is 0.172. The number of aliphatic hydroxyl groups excluding tert-OH is 1. The number of benzene rings is 1. The van der Waals surface area contributed by atoms with Gasteiger partial charge in [0.05, 0.1) is 13.2 Å². The van der Waals surface area contributed by atoms with E-state index in [9.17, 15) is 9.59 Å². The Morgan fingerprint density at radius 2 is 1.90 bits per heavy atom. The van der Waals surface area contributed by atoms with Crippen LogP contribution < -0.4 is 11.2 Å². The molecule has 3 aromatic rings. The van der Waals surface area contributed by atoms with Gasteiger partial charge in [-0.2, -0.15) is 0 Å². The van der Waals surface area contributed by atoms with Crippen LogP contribution in [-0.2, 0) is 6.54 Å². The Morgan fingerprint density at radius 1 is 1.15 bits per heavy atom. The number of aromatic nitrogens is 4. The second kappa shape index (κ2) is 4.78. The Balaban J connectivity index is 2.30. The van der Waals surface area contributed by atoms with Crippen molar-refractivity contribution >= 4 is 11.2 Å². The van der Waals surface area contributed by atoms with E-state index in [4.69, 9.17) is 5.11 Å². The largest absolute Gasteiger partial charge is 0.395 e. The Morgan fingerprint density at radius 3 is 2.60 bits per heavy atom. The van der Waals surface area contributed by atoms with E-state index in [2.05, 4.69) is 15.0 Å². The highest BCUT2D eigenvalue weighted by molar-refractivity contribution is 5.75. The molecule has 2 heterocycles. The molecule has 7 nitrogen and oxygen atoms in total. The summed E-state index contributed by atoms with van der Waals surface area (Å²) < 4.78 is 1.24. The monoisotopic (exact) mass is 272 g/mol. The molecular formula is C13H12N4O3. The van der Waals surface area contributed by atoms with Crippen molar-refractivity contribution in [3.05, 3.63) is 51.2 Å². The molecule has 0 saturated carbocycles. The highest BCUT2D eigenvalue weighted by atomic mass is 16.3. The van der Waals surface area contributed by atoms with Crippen LogP contribution in [-0.4, -0.2) is 31.2 Å². The molecule has 2 aromatic heterocycles. The molecule has 7 heteroatoms. The Labute approximate surface area is 112 Å². The van der Waals surface area contributed by atoms with Gasteiger partial charge in [-0.1, -0.05) is 30.3 Å².